The number of hydrogen-bond donors (Lipinski definition) is 2. The van der Waals surface area contributed by atoms with Crippen molar-refractivity contribution in [1.29, 1.82) is 0 Å². The van der Waals surface area contributed by atoms with Crippen molar-refractivity contribution in [2.75, 3.05) is 5.73 Å². The van der Waals surface area contributed by atoms with Crippen molar-refractivity contribution >= 4 is 38.4 Å². The molecule has 0 radical (unpaired) electrons. The van der Waals surface area contributed by atoms with Gasteiger partial charge in [0.2, 0.25) is 0 Å². The second-order valence-corrected chi connectivity index (χ2v) is 7.82. The molecule has 0 amide bonds. The molecule has 30 heavy (non-hydrogen) atoms. The topological polar surface area (TPSA) is 120 Å². The number of hydrogen-bond acceptors (Lipinski definition) is 7. The van der Waals surface area contributed by atoms with Crippen molar-refractivity contribution in [3.05, 3.63) is 63.2 Å². The van der Waals surface area contributed by atoms with E-state index in [-0.39, 0.29) is 11.4 Å². The van der Waals surface area contributed by atoms with Crippen LogP contribution in [-0.2, 0) is 20.5 Å². The molecule has 0 aromatic carbocycles. The standard InChI is InChI=1S/C13H12N6OS.C6H7FN2/c1-18-10-8(6-15-19(2)13(10)20)11-12(18)16-9(21-11)5-7-3-4-14-17-7;1-4-2-3-5(7)6(8)9-4/h3-4,6H,5H2,1-2H3,(H,14,17);2-3H,1H3,(H2,8,9). The highest BCUT2D eigenvalue weighted by molar-refractivity contribution is 7.19. The quantitative estimate of drug-likeness (QED) is 0.447. The van der Waals surface area contributed by atoms with Gasteiger partial charge in [0, 0.05) is 43.5 Å². The van der Waals surface area contributed by atoms with Gasteiger partial charge in [-0.2, -0.15) is 10.2 Å². The van der Waals surface area contributed by atoms with Gasteiger partial charge in [-0.3, -0.25) is 9.89 Å². The summed E-state index contributed by atoms with van der Waals surface area (Å²) < 4.78 is 16.5. The van der Waals surface area contributed by atoms with Gasteiger partial charge in [0.25, 0.3) is 5.56 Å². The maximum absolute atomic E-state index is 12.3. The number of nitrogen functional groups attached to an aromatic ring is 1. The van der Waals surface area contributed by atoms with E-state index in [1.807, 2.05) is 17.7 Å². The van der Waals surface area contributed by atoms with Gasteiger partial charge in [0.1, 0.15) is 10.5 Å². The van der Waals surface area contributed by atoms with Crippen molar-refractivity contribution in [1.82, 2.24) is 34.5 Å². The van der Waals surface area contributed by atoms with Gasteiger partial charge in [-0.15, -0.1) is 11.3 Å². The first-order valence-corrected chi connectivity index (χ1v) is 9.83. The number of aromatic nitrogens is 7. The van der Waals surface area contributed by atoms with Crippen LogP contribution in [0.25, 0.3) is 21.3 Å². The number of nitrogens with one attached hydrogen (secondary N) is 1. The van der Waals surface area contributed by atoms with E-state index in [4.69, 9.17) is 5.73 Å². The SMILES string of the molecule is Cc1ccc(F)c(N)n1.Cn1ncc2c3sc(Cc4ccn[nH]4)nc3n(C)c2c1=O. The number of pyridine rings is 1. The smallest absolute Gasteiger partial charge is 0.291 e. The van der Waals surface area contributed by atoms with E-state index in [2.05, 4.69) is 25.3 Å². The van der Waals surface area contributed by atoms with Gasteiger partial charge in [-0.1, -0.05) is 0 Å². The summed E-state index contributed by atoms with van der Waals surface area (Å²) in [5.41, 5.74) is 8.26. The second kappa shape index (κ2) is 7.67. The molecule has 5 heterocycles. The van der Waals surface area contributed by atoms with Crippen LogP contribution in [0.5, 0.6) is 0 Å². The summed E-state index contributed by atoms with van der Waals surface area (Å²) in [6.45, 7) is 1.76. The summed E-state index contributed by atoms with van der Waals surface area (Å²) in [6, 6.07) is 4.81. The summed E-state index contributed by atoms with van der Waals surface area (Å²) >= 11 is 1.59. The van der Waals surface area contributed by atoms with Crippen LogP contribution in [0.4, 0.5) is 10.2 Å². The molecule has 0 saturated carbocycles. The molecule has 0 saturated heterocycles. The maximum atomic E-state index is 12.3. The summed E-state index contributed by atoms with van der Waals surface area (Å²) in [5.74, 6) is -0.490. The third-order valence-electron chi connectivity index (χ3n) is 4.58. The Labute approximate surface area is 174 Å². The number of nitrogens with two attached hydrogens (primary N) is 1. The van der Waals surface area contributed by atoms with E-state index >= 15 is 0 Å². The number of aromatic amines is 1. The molecule has 9 nitrogen and oxygen atoms in total. The minimum absolute atomic E-state index is 0.0324. The highest BCUT2D eigenvalue weighted by Gasteiger charge is 2.17. The summed E-state index contributed by atoms with van der Waals surface area (Å²) in [4.78, 5) is 20.5. The molecule has 11 heteroatoms. The van der Waals surface area contributed by atoms with Crippen LogP contribution in [0.2, 0.25) is 0 Å². The number of H-pyrrole nitrogens is 1. The first-order chi connectivity index (χ1) is 14.3. The molecule has 0 aliphatic rings. The molecular formula is C19H19FN8OS. The Hall–Kier alpha value is -3.60. The van der Waals surface area contributed by atoms with Gasteiger partial charge >= 0.3 is 0 Å². The summed E-state index contributed by atoms with van der Waals surface area (Å²) in [6.07, 6.45) is 4.17. The van der Waals surface area contributed by atoms with Crippen LogP contribution in [0.3, 0.4) is 0 Å². The Morgan fingerprint density at radius 2 is 2.03 bits per heavy atom. The highest BCUT2D eigenvalue weighted by atomic mass is 32.1. The van der Waals surface area contributed by atoms with Crippen molar-refractivity contribution < 1.29 is 4.39 Å². The monoisotopic (exact) mass is 426 g/mol. The fourth-order valence-corrected chi connectivity index (χ4v) is 4.19. The fourth-order valence-electron chi connectivity index (χ4n) is 3.06. The number of aryl methyl sites for hydroxylation is 3. The van der Waals surface area contributed by atoms with Gasteiger partial charge in [0.05, 0.1) is 10.9 Å². The van der Waals surface area contributed by atoms with E-state index in [0.29, 0.717) is 11.9 Å². The first-order valence-electron chi connectivity index (χ1n) is 9.02. The van der Waals surface area contributed by atoms with Crippen molar-refractivity contribution in [3.8, 4) is 0 Å². The maximum Gasteiger partial charge on any atom is 0.291 e. The Bertz CT molecular complexity index is 1400. The van der Waals surface area contributed by atoms with Crippen LogP contribution < -0.4 is 11.3 Å². The van der Waals surface area contributed by atoms with Gasteiger partial charge in [-0.05, 0) is 25.1 Å². The zero-order valence-corrected chi connectivity index (χ0v) is 17.4. The summed E-state index contributed by atoms with van der Waals surface area (Å²) in [5, 5.41) is 12.8. The predicted molar refractivity (Wildman–Crippen MR) is 114 cm³/mol. The number of halogens is 1. The molecule has 0 aliphatic carbocycles. The Morgan fingerprint density at radius 1 is 1.23 bits per heavy atom. The number of nitrogens with zero attached hydrogens (tertiary/aromatic N) is 6. The van der Waals surface area contributed by atoms with E-state index in [1.54, 1.807) is 43.8 Å². The fraction of sp³-hybridized carbons (Fsp3) is 0.211. The average molecular weight is 426 g/mol. The van der Waals surface area contributed by atoms with Gasteiger partial charge < -0.3 is 10.3 Å². The molecule has 5 aromatic heterocycles. The lowest BCUT2D eigenvalue weighted by Gasteiger charge is -1.99. The van der Waals surface area contributed by atoms with Gasteiger partial charge in [0.15, 0.2) is 17.3 Å². The first kappa shape index (κ1) is 19.7. The second-order valence-electron chi connectivity index (χ2n) is 6.73. The van der Waals surface area contributed by atoms with E-state index in [0.717, 1.165) is 32.1 Å². The number of anilines is 1. The zero-order valence-electron chi connectivity index (χ0n) is 16.5. The number of fused-ring (bicyclic) bond motifs is 3. The normalized spacial score (nSPS) is 11.1. The third kappa shape index (κ3) is 3.54. The Kier molecular flexibility index (Phi) is 5.04. The molecule has 0 atom stereocenters. The van der Waals surface area contributed by atoms with Crippen LogP contribution in [-0.4, -0.2) is 34.5 Å². The molecule has 5 rings (SSSR count). The van der Waals surface area contributed by atoms with Crippen LogP contribution in [0.15, 0.2) is 35.4 Å². The molecule has 0 unspecified atom stereocenters. The number of rotatable bonds is 2. The number of thiazole rings is 1. The predicted octanol–water partition coefficient (Wildman–Crippen LogP) is 2.31. The van der Waals surface area contributed by atoms with Crippen molar-refractivity contribution in [2.24, 2.45) is 14.1 Å². The van der Waals surface area contributed by atoms with Crippen molar-refractivity contribution in [2.45, 2.75) is 13.3 Å². The van der Waals surface area contributed by atoms with Crippen LogP contribution in [0.1, 0.15) is 16.4 Å². The molecule has 0 bridgehead atoms. The molecular weight excluding hydrogens is 407 g/mol. The van der Waals surface area contributed by atoms with E-state index in [1.165, 1.54) is 10.7 Å². The van der Waals surface area contributed by atoms with Gasteiger partial charge in [-0.25, -0.2) is 19.0 Å². The minimum atomic E-state index is -0.458. The molecule has 0 spiro atoms. The minimum Gasteiger partial charge on any atom is -0.381 e. The zero-order chi connectivity index (χ0) is 21.4. The molecule has 3 N–H and O–H groups in total. The Balaban J connectivity index is 0.000000204. The lowest BCUT2D eigenvalue weighted by Crippen LogP contribution is -2.20. The van der Waals surface area contributed by atoms with Crippen LogP contribution >= 0.6 is 11.3 Å². The van der Waals surface area contributed by atoms with Crippen LogP contribution in [0, 0.1) is 12.7 Å². The van der Waals surface area contributed by atoms with Crippen molar-refractivity contribution in [3.63, 3.8) is 0 Å². The highest BCUT2D eigenvalue weighted by Crippen LogP contribution is 2.31. The van der Waals surface area contributed by atoms with E-state index in [9.17, 15) is 9.18 Å². The third-order valence-corrected chi connectivity index (χ3v) is 5.65. The molecule has 154 valence electrons. The lowest BCUT2D eigenvalue weighted by molar-refractivity contribution is 0.626. The average Bonchev–Trinajstić information content (AvgIpc) is 3.42. The van der Waals surface area contributed by atoms with E-state index < -0.39 is 5.82 Å². The Morgan fingerprint density at radius 3 is 2.70 bits per heavy atom. The molecule has 0 fully saturated rings. The lowest BCUT2D eigenvalue weighted by atomic mass is 10.3. The molecule has 5 aromatic rings. The summed E-state index contributed by atoms with van der Waals surface area (Å²) in [7, 11) is 3.52. The largest absolute Gasteiger partial charge is 0.381 e. The molecule has 0 aliphatic heterocycles.